The van der Waals surface area contributed by atoms with Gasteiger partial charge < -0.3 is 10.0 Å². The second-order valence-electron chi connectivity index (χ2n) is 8.00. The van der Waals surface area contributed by atoms with Crippen molar-refractivity contribution in [3.05, 3.63) is 90.5 Å². The van der Waals surface area contributed by atoms with Gasteiger partial charge in [-0.1, -0.05) is 61.4 Å². The molecule has 1 amide bonds. The predicted octanol–water partition coefficient (Wildman–Crippen LogP) is 5.51. The summed E-state index contributed by atoms with van der Waals surface area (Å²) in [7, 11) is 0. The number of hydrogen-bond acceptors (Lipinski definition) is 5. The number of para-hydroxylation sites is 2. The number of Topliss-reactive ketones (excluding diaryl/α,β-unsaturated/α-hetero) is 1. The maximum absolute atomic E-state index is 12.0. The number of hydrogen-bond donors (Lipinski definition) is 2. The van der Waals surface area contributed by atoms with E-state index >= 15 is 0 Å². The van der Waals surface area contributed by atoms with E-state index < -0.39 is 0 Å². The van der Waals surface area contributed by atoms with Crippen LogP contribution in [-0.4, -0.2) is 29.6 Å². The van der Waals surface area contributed by atoms with E-state index in [1.54, 1.807) is 6.21 Å². The zero-order chi connectivity index (χ0) is 24.0. The highest BCUT2D eigenvalue weighted by atomic mass is 16.3. The largest absolute Gasteiger partial charge is 0.389 e. The van der Waals surface area contributed by atoms with E-state index in [0.29, 0.717) is 12.8 Å². The molecule has 2 N–H and O–H groups in total. The van der Waals surface area contributed by atoms with E-state index in [1.807, 2.05) is 60.7 Å². The highest BCUT2D eigenvalue weighted by Crippen LogP contribution is 2.33. The van der Waals surface area contributed by atoms with Gasteiger partial charge in [0.05, 0.1) is 6.21 Å². The number of nitrogens with one attached hydrogen (secondary N) is 1. The summed E-state index contributed by atoms with van der Waals surface area (Å²) in [6, 6.07) is 28.4. The molecule has 0 unspecified atom stereocenters. The van der Waals surface area contributed by atoms with Gasteiger partial charge in [-0.2, -0.15) is 5.10 Å². The average molecular weight is 458 g/mol. The molecule has 0 atom stereocenters. The quantitative estimate of drug-likeness (QED) is 0.201. The molecule has 0 bridgehead atoms. The van der Waals surface area contributed by atoms with Gasteiger partial charge in [0.1, 0.15) is 6.61 Å². The van der Waals surface area contributed by atoms with E-state index in [2.05, 4.69) is 39.7 Å². The molecular formula is C28H31N3O3. The molecule has 3 aromatic rings. The number of nitrogens with zero attached hydrogens (tertiary/aromatic N) is 2. The van der Waals surface area contributed by atoms with Crippen LogP contribution in [0.2, 0.25) is 0 Å². The Balaban J connectivity index is 1.51. The van der Waals surface area contributed by atoms with Crippen LogP contribution in [0, 0.1) is 0 Å². The summed E-state index contributed by atoms with van der Waals surface area (Å²) in [6.07, 6.45) is 5.68. The van der Waals surface area contributed by atoms with E-state index in [0.717, 1.165) is 48.3 Å². The van der Waals surface area contributed by atoms with Gasteiger partial charge in [0.15, 0.2) is 5.78 Å². The van der Waals surface area contributed by atoms with Crippen molar-refractivity contribution in [2.75, 3.05) is 11.5 Å². The molecular weight excluding hydrogens is 426 g/mol. The van der Waals surface area contributed by atoms with Crippen molar-refractivity contribution in [2.45, 2.75) is 38.5 Å². The Bertz CT molecular complexity index is 1010. The predicted molar refractivity (Wildman–Crippen MR) is 137 cm³/mol. The third-order valence-electron chi connectivity index (χ3n) is 5.37. The molecule has 34 heavy (non-hydrogen) atoms. The van der Waals surface area contributed by atoms with Crippen molar-refractivity contribution in [1.82, 2.24) is 5.43 Å². The third-order valence-corrected chi connectivity index (χ3v) is 5.37. The molecule has 3 aromatic carbocycles. The first-order chi connectivity index (χ1) is 16.7. The summed E-state index contributed by atoms with van der Waals surface area (Å²) >= 11 is 0. The summed E-state index contributed by atoms with van der Waals surface area (Å²) in [6.45, 7) is -0.387. The highest BCUT2D eigenvalue weighted by molar-refractivity contribution is 5.84. The van der Waals surface area contributed by atoms with Crippen LogP contribution in [0.1, 0.15) is 44.1 Å². The molecule has 0 saturated carbocycles. The minimum atomic E-state index is -0.387. The number of benzene rings is 3. The molecule has 0 heterocycles. The van der Waals surface area contributed by atoms with Crippen LogP contribution in [-0.2, 0) is 9.59 Å². The lowest BCUT2D eigenvalue weighted by Gasteiger charge is -2.25. The summed E-state index contributed by atoms with van der Waals surface area (Å²) in [5, 5.41) is 12.8. The number of carbonyl (C=O) groups is 2. The smallest absolute Gasteiger partial charge is 0.240 e. The van der Waals surface area contributed by atoms with Gasteiger partial charge in [-0.3, -0.25) is 9.59 Å². The summed E-state index contributed by atoms with van der Waals surface area (Å²) in [5.74, 6) is -0.258. The number of aliphatic hydroxyl groups excluding tert-OH is 1. The van der Waals surface area contributed by atoms with Crippen LogP contribution in [0.4, 0.5) is 17.1 Å². The topological polar surface area (TPSA) is 82.0 Å². The zero-order valence-corrected chi connectivity index (χ0v) is 19.3. The lowest BCUT2D eigenvalue weighted by Crippen LogP contribution is -2.16. The summed E-state index contributed by atoms with van der Waals surface area (Å²) in [5.41, 5.74) is 6.63. The maximum atomic E-state index is 12.0. The lowest BCUT2D eigenvalue weighted by molar-refractivity contribution is -0.122. The maximum Gasteiger partial charge on any atom is 0.240 e. The van der Waals surface area contributed by atoms with Gasteiger partial charge in [-0.15, -0.1) is 0 Å². The van der Waals surface area contributed by atoms with Crippen LogP contribution >= 0.6 is 0 Å². The Kier molecular flexibility index (Phi) is 10.0. The van der Waals surface area contributed by atoms with Gasteiger partial charge in [-0.05, 0) is 54.8 Å². The minimum Gasteiger partial charge on any atom is -0.389 e. The first-order valence-corrected chi connectivity index (χ1v) is 11.6. The molecule has 0 radical (unpaired) electrons. The van der Waals surface area contributed by atoms with Crippen LogP contribution in [0.3, 0.4) is 0 Å². The van der Waals surface area contributed by atoms with Crippen molar-refractivity contribution in [1.29, 1.82) is 0 Å². The standard InChI is InChI=1S/C28H31N3O3/c32-22-27(33)15-9-1-2-10-16-28(34)30-29-21-23-17-19-26(20-18-23)31(24-11-5-3-6-12-24)25-13-7-4-8-14-25/h3-8,11-14,17-21,32H,1-2,9-10,15-16,22H2,(H,30,34)/b29-21+. The fourth-order valence-corrected chi connectivity index (χ4v) is 3.59. The first-order valence-electron chi connectivity index (χ1n) is 11.6. The van der Waals surface area contributed by atoms with Gasteiger partial charge in [0, 0.05) is 29.9 Å². The fraction of sp³-hybridized carbons (Fsp3) is 0.250. The zero-order valence-electron chi connectivity index (χ0n) is 19.3. The average Bonchev–Trinajstić information content (AvgIpc) is 2.88. The van der Waals surface area contributed by atoms with Gasteiger partial charge in [0.2, 0.25) is 5.91 Å². The lowest BCUT2D eigenvalue weighted by atomic mass is 10.1. The highest BCUT2D eigenvalue weighted by Gasteiger charge is 2.11. The SMILES string of the molecule is O=C(CO)CCCCCCC(=O)N/N=C/c1ccc(N(c2ccccc2)c2ccccc2)cc1. The van der Waals surface area contributed by atoms with Crippen molar-refractivity contribution >= 4 is 35.0 Å². The number of carbonyl (C=O) groups excluding carboxylic acids is 2. The van der Waals surface area contributed by atoms with E-state index in [9.17, 15) is 9.59 Å². The Morgan fingerprint density at radius 3 is 1.82 bits per heavy atom. The van der Waals surface area contributed by atoms with Crippen LogP contribution < -0.4 is 10.3 Å². The van der Waals surface area contributed by atoms with E-state index in [-0.39, 0.29) is 18.3 Å². The van der Waals surface area contributed by atoms with Crippen molar-refractivity contribution in [3.8, 4) is 0 Å². The van der Waals surface area contributed by atoms with Crippen molar-refractivity contribution in [2.24, 2.45) is 5.10 Å². The fourth-order valence-electron chi connectivity index (χ4n) is 3.59. The molecule has 0 aliphatic carbocycles. The third kappa shape index (κ3) is 7.98. The van der Waals surface area contributed by atoms with Gasteiger partial charge in [0.25, 0.3) is 0 Å². The molecule has 0 aliphatic heterocycles. The Morgan fingerprint density at radius 2 is 1.26 bits per heavy atom. The number of ketones is 1. The number of anilines is 3. The molecule has 0 aliphatic rings. The summed E-state index contributed by atoms with van der Waals surface area (Å²) in [4.78, 5) is 25.2. The normalized spacial score (nSPS) is 10.9. The number of amides is 1. The molecule has 176 valence electrons. The Hall–Kier alpha value is -3.77. The van der Waals surface area contributed by atoms with Crippen LogP contribution in [0.25, 0.3) is 0 Å². The van der Waals surface area contributed by atoms with Crippen LogP contribution in [0.5, 0.6) is 0 Å². The number of unbranched alkanes of at least 4 members (excludes halogenated alkanes) is 3. The van der Waals surface area contributed by atoms with Crippen LogP contribution in [0.15, 0.2) is 90.0 Å². The molecule has 0 fully saturated rings. The number of aliphatic hydroxyl groups is 1. The molecule has 3 rings (SSSR count). The van der Waals surface area contributed by atoms with Gasteiger partial charge in [-0.25, -0.2) is 5.43 Å². The monoisotopic (exact) mass is 457 g/mol. The second kappa shape index (κ2) is 13.7. The van der Waals surface area contributed by atoms with Crippen molar-refractivity contribution < 1.29 is 14.7 Å². The number of hydrazone groups is 1. The molecule has 0 spiro atoms. The molecule has 6 heteroatoms. The van der Waals surface area contributed by atoms with E-state index in [4.69, 9.17) is 5.11 Å². The molecule has 6 nitrogen and oxygen atoms in total. The Labute approximate surface area is 200 Å². The molecule has 0 saturated heterocycles. The summed E-state index contributed by atoms with van der Waals surface area (Å²) < 4.78 is 0. The van der Waals surface area contributed by atoms with E-state index in [1.165, 1.54) is 0 Å². The second-order valence-corrected chi connectivity index (χ2v) is 8.00. The molecule has 0 aromatic heterocycles. The Morgan fingerprint density at radius 1 is 0.735 bits per heavy atom. The first kappa shape index (κ1) is 24.9. The van der Waals surface area contributed by atoms with Crippen molar-refractivity contribution in [3.63, 3.8) is 0 Å². The number of rotatable bonds is 13. The minimum absolute atomic E-state index is 0.126. The van der Waals surface area contributed by atoms with Gasteiger partial charge >= 0.3 is 0 Å².